The Hall–Kier alpha value is -2.58. The third kappa shape index (κ3) is 2.94. The molecule has 0 spiro atoms. The van der Waals surface area contributed by atoms with Crippen molar-refractivity contribution in [1.82, 2.24) is 19.6 Å². The molecule has 6 nitrogen and oxygen atoms in total. The van der Waals surface area contributed by atoms with Gasteiger partial charge in [-0.3, -0.25) is 14.5 Å². The standard InChI is InChI=1S/C17H15N5OS2/c1-3-13-20-21-16(24-13)19-15(23)14-10(2)22-9-12(18-17(22)25-14)11-7-5-4-6-8-11/h4-9H,3H2,1-2H3,(H,19,21,23). The number of anilines is 1. The van der Waals surface area contributed by atoms with Gasteiger partial charge in [0.25, 0.3) is 5.91 Å². The van der Waals surface area contributed by atoms with Gasteiger partial charge in [-0.15, -0.1) is 10.2 Å². The van der Waals surface area contributed by atoms with E-state index in [1.54, 1.807) is 0 Å². The Morgan fingerprint density at radius 2 is 2.00 bits per heavy atom. The molecule has 0 radical (unpaired) electrons. The van der Waals surface area contributed by atoms with E-state index < -0.39 is 0 Å². The van der Waals surface area contributed by atoms with E-state index in [1.165, 1.54) is 22.7 Å². The number of hydrogen-bond acceptors (Lipinski definition) is 6. The number of thiazole rings is 1. The number of carbonyl (C=O) groups is 1. The van der Waals surface area contributed by atoms with E-state index in [0.29, 0.717) is 10.0 Å². The second-order valence-electron chi connectivity index (χ2n) is 5.47. The van der Waals surface area contributed by atoms with Crippen LogP contribution in [0.15, 0.2) is 36.5 Å². The predicted octanol–water partition coefficient (Wildman–Crippen LogP) is 4.04. The largest absolute Gasteiger partial charge is 0.296 e. The molecule has 3 aromatic heterocycles. The summed E-state index contributed by atoms with van der Waals surface area (Å²) in [5.41, 5.74) is 2.83. The molecule has 0 atom stereocenters. The number of imidazole rings is 1. The van der Waals surface area contributed by atoms with E-state index in [9.17, 15) is 4.79 Å². The molecule has 4 rings (SSSR count). The van der Waals surface area contributed by atoms with Crippen LogP contribution >= 0.6 is 22.7 Å². The number of nitrogens with zero attached hydrogens (tertiary/aromatic N) is 4. The first-order valence-electron chi connectivity index (χ1n) is 7.83. The van der Waals surface area contributed by atoms with Crippen molar-refractivity contribution in [3.63, 3.8) is 0 Å². The molecule has 1 N–H and O–H groups in total. The Bertz CT molecular complexity index is 1050. The van der Waals surface area contributed by atoms with Crippen LogP contribution in [0.3, 0.4) is 0 Å². The highest BCUT2D eigenvalue weighted by molar-refractivity contribution is 7.19. The number of nitrogens with one attached hydrogen (secondary N) is 1. The van der Waals surface area contributed by atoms with E-state index >= 15 is 0 Å². The highest BCUT2D eigenvalue weighted by Crippen LogP contribution is 2.28. The van der Waals surface area contributed by atoms with Gasteiger partial charge in [-0.1, -0.05) is 59.9 Å². The van der Waals surface area contributed by atoms with Crippen LogP contribution in [0.1, 0.15) is 27.3 Å². The zero-order chi connectivity index (χ0) is 17.4. The van der Waals surface area contributed by atoms with E-state index in [-0.39, 0.29) is 5.91 Å². The van der Waals surface area contributed by atoms with Crippen LogP contribution in [0.25, 0.3) is 16.2 Å². The van der Waals surface area contributed by atoms with Crippen LogP contribution in [-0.2, 0) is 6.42 Å². The van der Waals surface area contributed by atoms with Gasteiger partial charge in [-0.2, -0.15) is 0 Å². The molecule has 0 aliphatic rings. The second-order valence-corrected chi connectivity index (χ2v) is 7.51. The zero-order valence-electron chi connectivity index (χ0n) is 13.7. The minimum Gasteiger partial charge on any atom is -0.296 e. The maximum atomic E-state index is 12.6. The van der Waals surface area contributed by atoms with Crippen molar-refractivity contribution in [3.8, 4) is 11.3 Å². The van der Waals surface area contributed by atoms with Gasteiger partial charge < -0.3 is 0 Å². The monoisotopic (exact) mass is 369 g/mol. The van der Waals surface area contributed by atoms with Crippen LogP contribution in [0.2, 0.25) is 0 Å². The van der Waals surface area contributed by atoms with Gasteiger partial charge in [0.05, 0.1) is 5.69 Å². The molecule has 126 valence electrons. The second kappa shape index (κ2) is 6.38. The number of benzene rings is 1. The Morgan fingerprint density at radius 1 is 1.20 bits per heavy atom. The fourth-order valence-electron chi connectivity index (χ4n) is 2.51. The normalized spacial score (nSPS) is 11.1. The average molecular weight is 369 g/mol. The number of carbonyl (C=O) groups excluding carboxylic acids is 1. The molecule has 0 saturated heterocycles. The zero-order valence-corrected chi connectivity index (χ0v) is 15.3. The predicted molar refractivity (Wildman–Crippen MR) is 100 cm³/mol. The van der Waals surface area contributed by atoms with E-state index in [4.69, 9.17) is 0 Å². The van der Waals surface area contributed by atoms with E-state index in [0.717, 1.165) is 33.3 Å². The minimum absolute atomic E-state index is 0.173. The molecule has 3 heterocycles. The third-order valence-electron chi connectivity index (χ3n) is 3.82. The summed E-state index contributed by atoms with van der Waals surface area (Å²) < 4.78 is 1.96. The SMILES string of the molecule is CCc1nnc(NC(=O)c2sc3nc(-c4ccccc4)cn3c2C)s1. The summed E-state index contributed by atoms with van der Waals surface area (Å²) in [6.07, 6.45) is 2.77. The first-order valence-corrected chi connectivity index (χ1v) is 9.46. The topological polar surface area (TPSA) is 72.2 Å². The van der Waals surface area contributed by atoms with Crippen LogP contribution < -0.4 is 5.32 Å². The van der Waals surface area contributed by atoms with Gasteiger partial charge in [-0.25, -0.2) is 4.98 Å². The number of aryl methyl sites for hydroxylation is 2. The van der Waals surface area contributed by atoms with E-state index in [2.05, 4.69) is 20.5 Å². The van der Waals surface area contributed by atoms with Gasteiger partial charge >= 0.3 is 0 Å². The molecular weight excluding hydrogens is 354 g/mol. The van der Waals surface area contributed by atoms with E-state index in [1.807, 2.05) is 54.8 Å². The molecule has 8 heteroatoms. The highest BCUT2D eigenvalue weighted by Gasteiger charge is 2.19. The average Bonchev–Trinajstić information content (AvgIpc) is 3.32. The number of hydrogen-bond donors (Lipinski definition) is 1. The molecular formula is C17H15N5OS2. The fraction of sp³-hybridized carbons (Fsp3) is 0.176. The number of amides is 1. The molecule has 4 aromatic rings. The van der Waals surface area contributed by atoms with Crippen molar-refractivity contribution >= 4 is 38.7 Å². The number of rotatable bonds is 4. The van der Waals surface area contributed by atoms with Gasteiger partial charge in [0.15, 0.2) is 4.96 Å². The van der Waals surface area contributed by atoms with Crippen molar-refractivity contribution in [1.29, 1.82) is 0 Å². The van der Waals surface area contributed by atoms with Crippen molar-refractivity contribution < 1.29 is 4.79 Å². The van der Waals surface area contributed by atoms with Crippen molar-refractivity contribution in [2.24, 2.45) is 0 Å². The molecule has 0 saturated carbocycles. The van der Waals surface area contributed by atoms with Crippen LogP contribution in [0, 0.1) is 6.92 Å². The molecule has 0 fully saturated rings. The first-order chi connectivity index (χ1) is 12.2. The lowest BCUT2D eigenvalue weighted by molar-refractivity contribution is 0.102. The summed E-state index contributed by atoms with van der Waals surface area (Å²) in [4.78, 5) is 18.6. The molecule has 1 aromatic carbocycles. The fourth-order valence-corrected chi connectivity index (χ4v) is 4.19. The summed E-state index contributed by atoms with van der Waals surface area (Å²) in [6.45, 7) is 3.93. The van der Waals surface area contributed by atoms with Gasteiger partial charge in [0, 0.05) is 17.5 Å². The minimum atomic E-state index is -0.173. The quantitative estimate of drug-likeness (QED) is 0.589. The van der Waals surface area contributed by atoms with Crippen molar-refractivity contribution in [3.05, 3.63) is 52.1 Å². The summed E-state index contributed by atoms with van der Waals surface area (Å²) in [5, 5.41) is 12.3. The Morgan fingerprint density at radius 3 is 2.68 bits per heavy atom. The van der Waals surface area contributed by atoms with Crippen molar-refractivity contribution in [2.75, 3.05) is 5.32 Å². The molecule has 0 aliphatic carbocycles. The lowest BCUT2D eigenvalue weighted by Gasteiger charge is -1.99. The molecule has 25 heavy (non-hydrogen) atoms. The maximum absolute atomic E-state index is 12.6. The van der Waals surface area contributed by atoms with Gasteiger partial charge in [0.1, 0.15) is 9.88 Å². The Kier molecular flexibility index (Phi) is 4.06. The first kappa shape index (κ1) is 15.9. The summed E-state index contributed by atoms with van der Waals surface area (Å²) in [5.74, 6) is -0.173. The lowest BCUT2D eigenvalue weighted by Crippen LogP contribution is -2.11. The molecule has 0 unspecified atom stereocenters. The number of aromatic nitrogens is 4. The molecule has 1 amide bonds. The summed E-state index contributed by atoms with van der Waals surface area (Å²) >= 11 is 2.77. The maximum Gasteiger partial charge on any atom is 0.269 e. The third-order valence-corrected chi connectivity index (χ3v) is 5.96. The number of fused-ring (bicyclic) bond motifs is 1. The Balaban J connectivity index is 1.63. The summed E-state index contributed by atoms with van der Waals surface area (Å²) in [6, 6.07) is 10.0. The van der Waals surface area contributed by atoms with Gasteiger partial charge in [-0.05, 0) is 13.3 Å². The lowest BCUT2D eigenvalue weighted by atomic mass is 10.2. The van der Waals surface area contributed by atoms with Crippen LogP contribution in [0.4, 0.5) is 5.13 Å². The van der Waals surface area contributed by atoms with Gasteiger partial charge in [0.2, 0.25) is 5.13 Å². The van der Waals surface area contributed by atoms with Crippen LogP contribution in [0.5, 0.6) is 0 Å². The molecule has 0 aliphatic heterocycles. The molecule has 0 bridgehead atoms. The van der Waals surface area contributed by atoms with Crippen LogP contribution in [-0.4, -0.2) is 25.5 Å². The Labute approximate surface area is 152 Å². The summed E-state index contributed by atoms with van der Waals surface area (Å²) in [7, 11) is 0. The smallest absolute Gasteiger partial charge is 0.269 e. The highest BCUT2D eigenvalue weighted by atomic mass is 32.1. The van der Waals surface area contributed by atoms with Crippen molar-refractivity contribution in [2.45, 2.75) is 20.3 Å².